The summed E-state index contributed by atoms with van der Waals surface area (Å²) in [4.78, 5) is 0. The van der Waals surface area contributed by atoms with Gasteiger partial charge in [-0.2, -0.15) is 46.5 Å². The van der Waals surface area contributed by atoms with E-state index in [4.69, 9.17) is 0 Å². The zero-order valence-corrected chi connectivity index (χ0v) is 22.4. The van der Waals surface area contributed by atoms with Gasteiger partial charge in [0.25, 0.3) is 0 Å². The molecule has 0 saturated carbocycles. The van der Waals surface area contributed by atoms with Crippen molar-refractivity contribution in [1.29, 1.82) is 0 Å². The van der Waals surface area contributed by atoms with Crippen LogP contribution >= 0.6 is 0 Å². The number of hydrogen-bond acceptors (Lipinski definition) is 0. The van der Waals surface area contributed by atoms with Crippen LogP contribution in [0.2, 0.25) is 32.7 Å². The van der Waals surface area contributed by atoms with E-state index in [9.17, 15) is 0 Å². The van der Waals surface area contributed by atoms with Crippen LogP contribution in [0.5, 0.6) is 0 Å². The quantitative estimate of drug-likeness (QED) is 0.345. The molecule has 0 aromatic heterocycles. The minimum atomic E-state index is -0.862. The van der Waals surface area contributed by atoms with Gasteiger partial charge < -0.3 is 0 Å². The van der Waals surface area contributed by atoms with E-state index in [0.717, 1.165) is 9.52 Å². The van der Waals surface area contributed by atoms with E-state index >= 15 is 0 Å². The van der Waals surface area contributed by atoms with Crippen molar-refractivity contribution in [1.82, 2.24) is 0 Å². The number of aryl methyl sites for hydroxylation is 2. The summed E-state index contributed by atoms with van der Waals surface area (Å²) in [5, 5.41) is 0. The van der Waals surface area contributed by atoms with Gasteiger partial charge in [-0.05, 0) is 0 Å². The second-order valence-corrected chi connectivity index (χ2v) is 14.0. The maximum absolute atomic E-state index is 2.40. The summed E-state index contributed by atoms with van der Waals surface area (Å²) in [5.74, 6) is 0. The first-order chi connectivity index (χ1) is 10.1. The van der Waals surface area contributed by atoms with Crippen LogP contribution in [0, 0.1) is 27.7 Å². The molecule has 0 spiro atoms. The van der Waals surface area contributed by atoms with Gasteiger partial charge in [0.2, 0.25) is 0 Å². The van der Waals surface area contributed by atoms with Gasteiger partial charge in [-0.1, -0.05) is 66.5 Å². The Morgan fingerprint density at radius 3 is 1.87 bits per heavy atom. The molecule has 2 rings (SSSR count). The van der Waals surface area contributed by atoms with Crippen molar-refractivity contribution in [2.24, 2.45) is 0 Å². The zero-order chi connectivity index (χ0) is 17.3. The Morgan fingerprint density at radius 1 is 1.13 bits per heavy atom. The summed E-state index contributed by atoms with van der Waals surface area (Å²) in [6, 6.07) is 12.2. The summed E-state index contributed by atoms with van der Waals surface area (Å²) in [5.41, 5.74) is 7.26. The van der Waals surface area contributed by atoms with Crippen molar-refractivity contribution in [3.05, 3.63) is 58.1 Å². The molecule has 2 aromatic carbocycles. The normalized spacial score (nSPS) is 9.96. The smallest absolute Gasteiger partial charge is 0.0362 e. The molecule has 0 fully saturated rings. The molecule has 1 radical (unpaired) electrons. The number of rotatable bonds is 2. The Labute approximate surface area is 167 Å². The molecule has 0 bridgehead atoms. The van der Waals surface area contributed by atoms with Crippen molar-refractivity contribution in [3.63, 3.8) is 0 Å². The second kappa shape index (κ2) is 12.4. The molecule has 3 heteroatoms. The molecule has 0 saturated heterocycles. The first kappa shape index (κ1) is 25.2. The average molecular weight is 510 g/mol. The molecule has 0 aliphatic rings. The molecule has 0 heterocycles. The summed E-state index contributed by atoms with van der Waals surface area (Å²) in [7, 11) is -0.112. The Hall–Kier alpha value is 0.00390. The maximum atomic E-state index is 2.40. The van der Waals surface area contributed by atoms with E-state index in [1.54, 1.807) is 0 Å². The summed E-state index contributed by atoms with van der Waals surface area (Å²) in [6.45, 7) is 20.3. The first-order valence-electron chi connectivity index (χ1n) is 8.27. The van der Waals surface area contributed by atoms with Gasteiger partial charge in [0.1, 0.15) is 0 Å². The van der Waals surface area contributed by atoms with Crippen molar-refractivity contribution in [2.45, 2.75) is 66.5 Å². The monoisotopic (exact) mass is 511 g/mol. The van der Waals surface area contributed by atoms with Crippen LogP contribution in [0.4, 0.5) is 0 Å². The predicted molar refractivity (Wildman–Crippen MR) is 109 cm³/mol. The maximum Gasteiger partial charge on any atom is 0.0362 e. The minimum absolute atomic E-state index is 0. The Bertz CT molecular complexity index is 494. The van der Waals surface area contributed by atoms with Gasteiger partial charge in [-0.3, -0.25) is 0 Å². The fourth-order valence-corrected chi connectivity index (χ4v) is 3.74. The van der Waals surface area contributed by atoms with Crippen molar-refractivity contribution < 1.29 is 25.8 Å². The fraction of sp³-hybridized carbons (Fsp3) is 0.500. The van der Waals surface area contributed by atoms with Gasteiger partial charge in [0.05, 0.1) is 0 Å². The molecule has 0 N–H and O–H groups in total. The van der Waals surface area contributed by atoms with Crippen molar-refractivity contribution in [3.8, 4) is 0 Å². The van der Waals surface area contributed by atoms with Crippen molar-refractivity contribution in [2.75, 3.05) is 0 Å². The summed E-state index contributed by atoms with van der Waals surface area (Å²) < 4.78 is 0. The van der Waals surface area contributed by atoms with E-state index in [2.05, 4.69) is 90.8 Å². The zero-order valence-electron chi connectivity index (χ0n) is 16.7. The van der Waals surface area contributed by atoms with Gasteiger partial charge in [0.15, 0.2) is 0 Å². The Balaban J connectivity index is 0. The van der Waals surface area contributed by atoms with Crippen LogP contribution < -0.4 is 0 Å². The van der Waals surface area contributed by atoms with Crippen LogP contribution in [0.3, 0.4) is 0 Å². The average Bonchev–Trinajstić information content (AvgIpc) is 2.95. The molecule has 0 nitrogen and oxygen atoms in total. The van der Waals surface area contributed by atoms with Crippen LogP contribution in [-0.4, -0.2) is 17.6 Å². The predicted octanol–water partition coefficient (Wildman–Crippen LogP) is 5.98. The summed E-state index contributed by atoms with van der Waals surface area (Å²) >= 11 is 0. The second-order valence-electron chi connectivity index (χ2n) is 7.37. The van der Waals surface area contributed by atoms with Gasteiger partial charge in [-0.15, -0.1) is 0 Å². The van der Waals surface area contributed by atoms with E-state index in [1.165, 1.54) is 33.9 Å². The molecule has 129 valence electrons. The van der Waals surface area contributed by atoms with Gasteiger partial charge in [0, 0.05) is 43.4 Å². The van der Waals surface area contributed by atoms with Crippen molar-refractivity contribution >= 4 is 17.6 Å². The molecule has 0 atom stereocenters. The van der Waals surface area contributed by atoms with Gasteiger partial charge in [-0.25, -0.2) is 11.6 Å². The molecule has 23 heavy (non-hydrogen) atoms. The first-order valence-corrected chi connectivity index (χ1v) is 14.3. The standard InChI is InChI=1S/C9H15Si.C9H13.C2H7Si.Hf/c1-10(2,3)8-9-6-4-5-7-9;1-6-5-7(2)9(4)8(6)3;1-3-2;/h4-7H,8H2,1-3H3;5H,1-4H3;3H,1-2H3;/q2*-1;;. The largest absolute Gasteiger partial charge is 0.211 e. The summed E-state index contributed by atoms with van der Waals surface area (Å²) in [6.07, 6.45) is 0. The number of hydrogen-bond donors (Lipinski definition) is 0. The molecule has 0 aliphatic carbocycles. The molecular formula is C20H35HfSi2-2. The molecule has 0 unspecified atom stereocenters. The topological polar surface area (TPSA) is 0 Å². The van der Waals surface area contributed by atoms with Crippen LogP contribution in [0.1, 0.15) is 27.8 Å². The third kappa shape index (κ3) is 11.2. The molecule has 0 aliphatic heterocycles. The SMILES string of the molecule is C[SiH]C.C[Si](C)(C)Cc1cc[cH-]c1.Cc1c[c-](C)c(C)c1C.[Hf]. The van der Waals surface area contributed by atoms with E-state index in [1.807, 2.05) is 0 Å². The van der Waals surface area contributed by atoms with Gasteiger partial charge >= 0.3 is 0 Å². The molecule has 2 aromatic rings. The minimum Gasteiger partial charge on any atom is -0.211 e. The Kier molecular flexibility index (Phi) is 13.6. The fourth-order valence-electron chi connectivity index (χ4n) is 2.28. The third-order valence-corrected chi connectivity index (χ3v) is 5.11. The van der Waals surface area contributed by atoms with E-state index in [0.29, 0.717) is 0 Å². The molecular weight excluding hydrogens is 475 g/mol. The van der Waals surface area contributed by atoms with E-state index in [-0.39, 0.29) is 25.8 Å². The van der Waals surface area contributed by atoms with Crippen LogP contribution in [-0.2, 0) is 31.9 Å². The Morgan fingerprint density at radius 2 is 1.65 bits per heavy atom. The third-order valence-electron chi connectivity index (χ3n) is 3.64. The van der Waals surface area contributed by atoms with Crippen LogP contribution in [0.15, 0.2) is 30.3 Å². The van der Waals surface area contributed by atoms with E-state index < -0.39 is 8.07 Å². The molecule has 0 amide bonds. The van der Waals surface area contributed by atoms with Crippen LogP contribution in [0.25, 0.3) is 0 Å².